The second-order valence-corrected chi connectivity index (χ2v) is 5.17. The van der Waals surface area contributed by atoms with Crippen molar-refractivity contribution in [3.63, 3.8) is 0 Å². The standard InChI is InChI=1S/C12H17NO3S/c1-3-4-5-10-13-17(14,15)12-8-6-11(16-2)7-9-12/h4-9,13H,3,10H2,1-2H3/b5-4-. The largest absolute Gasteiger partial charge is 0.497 e. The Bertz CT molecular complexity index is 463. The first-order valence-corrected chi connectivity index (χ1v) is 6.87. The normalized spacial score (nSPS) is 11.9. The molecule has 0 aromatic heterocycles. The van der Waals surface area contributed by atoms with Crippen LogP contribution >= 0.6 is 0 Å². The molecule has 0 aliphatic heterocycles. The molecule has 1 N–H and O–H groups in total. The Morgan fingerprint density at radius 3 is 2.41 bits per heavy atom. The van der Waals surface area contributed by atoms with E-state index in [1.165, 1.54) is 19.2 Å². The Labute approximate surface area is 102 Å². The summed E-state index contributed by atoms with van der Waals surface area (Å²) in [5, 5.41) is 0. The van der Waals surface area contributed by atoms with E-state index in [0.29, 0.717) is 12.3 Å². The van der Waals surface area contributed by atoms with Gasteiger partial charge in [0.15, 0.2) is 0 Å². The minimum absolute atomic E-state index is 0.239. The minimum Gasteiger partial charge on any atom is -0.497 e. The molecular weight excluding hydrogens is 238 g/mol. The predicted octanol–water partition coefficient (Wildman–Crippen LogP) is 1.94. The van der Waals surface area contributed by atoms with Crippen LogP contribution in [0.1, 0.15) is 13.3 Å². The fraction of sp³-hybridized carbons (Fsp3) is 0.333. The summed E-state index contributed by atoms with van der Waals surface area (Å²) in [7, 11) is -1.88. The molecule has 1 aromatic carbocycles. The quantitative estimate of drug-likeness (QED) is 0.790. The first-order valence-electron chi connectivity index (χ1n) is 5.39. The highest BCUT2D eigenvalue weighted by Gasteiger charge is 2.11. The average Bonchev–Trinajstić information content (AvgIpc) is 2.35. The predicted molar refractivity (Wildman–Crippen MR) is 67.6 cm³/mol. The first-order chi connectivity index (χ1) is 8.10. The first kappa shape index (κ1) is 13.7. The summed E-state index contributed by atoms with van der Waals surface area (Å²) in [5.74, 6) is 0.634. The van der Waals surface area contributed by atoms with Crippen molar-refractivity contribution in [3.05, 3.63) is 36.4 Å². The molecule has 0 heterocycles. The number of allylic oxidation sites excluding steroid dienone is 1. The highest BCUT2D eigenvalue weighted by molar-refractivity contribution is 7.89. The maximum absolute atomic E-state index is 11.8. The minimum atomic E-state index is -3.42. The number of benzene rings is 1. The molecular formula is C12H17NO3S. The van der Waals surface area contributed by atoms with Crippen LogP contribution in [0.25, 0.3) is 0 Å². The van der Waals surface area contributed by atoms with Crippen LogP contribution in [0.3, 0.4) is 0 Å². The molecule has 4 nitrogen and oxygen atoms in total. The van der Waals surface area contributed by atoms with E-state index < -0.39 is 10.0 Å². The van der Waals surface area contributed by atoms with Gasteiger partial charge in [0.05, 0.1) is 12.0 Å². The zero-order chi connectivity index (χ0) is 12.7. The number of rotatable bonds is 6. The van der Waals surface area contributed by atoms with Crippen LogP contribution < -0.4 is 9.46 Å². The van der Waals surface area contributed by atoms with Gasteiger partial charge in [0.1, 0.15) is 5.75 Å². The van der Waals surface area contributed by atoms with Crippen LogP contribution in [0, 0.1) is 0 Å². The van der Waals surface area contributed by atoms with E-state index in [0.717, 1.165) is 6.42 Å². The topological polar surface area (TPSA) is 55.4 Å². The number of nitrogens with one attached hydrogen (secondary N) is 1. The lowest BCUT2D eigenvalue weighted by molar-refractivity contribution is 0.414. The van der Waals surface area contributed by atoms with Crippen LogP contribution in [-0.4, -0.2) is 22.1 Å². The number of hydrogen-bond donors (Lipinski definition) is 1. The van der Waals surface area contributed by atoms with Gasteiger partial charge in [-0.3, -0.25) is 0 Å². The lowest BCUT2D eigenvalue weighted by atomic mass is 10.3. The summed E-state index contributed by atoms with van der Waals surface area (Å²) in [6, 6.07) is 6.28. The van der Waals surface area contributed by atoms with Crippen molar-refractivity contribution in [1.82, 2.24) is 4.72 Å². The van der Waals surface area contributed by atoms with Crippen molar-refractivity contribution in [2.24, 2.45) is 0 Å². The van der Waals surface area contributed by atoms with Crippen molar-refractivity contribution in [2.45, 2.75) is 18.2 Å². The van der Waals surface area contributed by atoms with Crippen LogP contribution in [-0.2, 0) is 10.0 Å². The molecule has 94 valence electrons. The van der Waals surface area contributed by atoms with Gasteiger partial charge in [0.2, 0.25) is 10.0 Å². The fourth-order valence-electron chi connectivity index (χ4n) is 1.25. The van der Waals surface area contributed by atoms with Gasteiger partial charge in [0.25, 0.3) is 0 Å². The van der Waals surface area contributed by atoms with Gasteiger partial charge in [-0.05, 0) is 30.7 Å². The van der Waals surface area contributed by atoms with Gasteiger partial charge >= 0.3 is 0 Å². The molecule has 1 aromatic rings. The zero-order valence-electron chi connectivity index (χ0n) is 10.0. The Morgan fingerprint density at radius 1 is 1.24 bits per heavy atom. The van der Waals surface area contributed by atoms with Crippen molar-refractivity contribution in [1.29, 1.82) is 0 Å². The van der Waals surface area contributed by atoms with E-state index in [-0.39, 0.29) is 4.90 Å². The Kier molecular flexibility index (Phi) is 5.18. The van der Waals surface area contributed by atoms with Crippen molar-refractivity contribution < 1.29 is 13.2 Å². The molecule has 0 bridgehead atoms. The molecule has 17 heavy (non-hydrogen) atoms. The van der Waals surface area contributed by atoms with E-state index in [4.69, 9.17) is 4.74 Å². The third-order valence-electron chi connectivity index (χ3n) is 2.16. The maximum atomic E-state index is 11.8. The monoisotopic (exact) mass is 255 g/mol. The molecule has 0 saturated heterocycles. The zero-order valence-corrected chi connectivity index (χ0v) is 10.8. The van der Waals surface area contributed by atoms with Gasteiger partial charge < -0.3 is 4.74 Å². The fourth-order valence-corrected chi connectivity index (χ4v) is 2.22. The number of methoxy groups -OCH3 is 1. The summed E-state index contributed by atoms with van der Waals surface area (Å²) in [6.45, 7) is 2.30. The highest BCUT2D eigenvalue weighted by atomic mass is 32.2. The number of ether oxygens (including phenoxy) is 1. The van der Waals surface area contributed by atoms with Gasteiger partial charge in [-0.25, -0.2) is 13.1 Å². The molecule has 1 rings (SSSR count). The van der Waals surface area contributed by atoms with Gasteiger partial charge in [-0.2, -0.15) is 0 Å². The Morgan fingerprint density at radius 2 is 1.88 bits per heavy atom. The van der Waals surface area contributed by atoms with Crippen LogP contribution in [0.15, 0.2) is 41.3 Å². The average molecular weight is 255 g/mol. The van der Waals surface area contributed by atoms with E-state index in [1.54, 1.807) is 18.2 Å². The molecule has 0 aliphatic rings. The van der Waals surface area contributed by atoms with E-state index >= 15 is 0 Å². The summed E-state index contributed by atoms with van der Waals surface area (Å²) in [4.78, 5) is 0.239. The number of hydrogen-bond acceptors (Lipinski definition) is 3. The Hall–Kier alpha value is -1.33. The molecule has 0 fully saturated rings. The lowest BCUT2D eigenvalue weighted by Gasteiger charge is -2.05. The summed E-state index contributed by atoms with van der Waals surface area (Å²) < 4.78 is 31.1. The highest BCUT2D eigenvalue weighted by Crippen LogP contribution is 2.14. The molecule has 0 aliphatic carbocycles. The van der Waals surface area contributed by atoms with E-state index in [9.17, 15) is 8.42 Å². The van der Waals surface area contributed by atoms with E-state index in [2.05, 4.69) is 4.72 Å². The third kappa shape index (κ3) is 4.20. The van der Waals surface area contributed by atoms with Crippen LogP contribution in [0.4, 0.5) is 0 Å². The van der Waals surface area contributed by atoms with Crippen molar-refractivity contribution >= 4 is 10.0 Å². The smallest absolute Gasteiger partial charge is 0.240 e. The van der Waals surface area contributed by atoms with Crippen molar-refractivity contribution in [2.75, 3.05) is 13.7 Å². The summed E-state index contributed by atoms with van der Waals surface area (Å²) in [6.07, 6.45) is 4.60. The maximum Gasteiger partial charge on any atom is 0.240 e. The lowest BCUT2D eigenvalue weighted by Crippen LogP contribution is -2.23. The van der Waals surface area contributed by atoms with Crippen LogP contribution in [0.5, 0.6) is 5.75 Å². The molecule has 0 unspecified atom stereocenters. The second kappa shape index (κ2) is 6.42. The number of sulfonamides is 1. The second-order valence-electron chi connectivity index (χ2n) is 3.41. The Balaban J connectivity index is 2.72. The van der Waals surface area contributed by atoms with Crippen molar-refractivity contribution in [3.8, 4) is 5.75 Å². The summed E-state index contributed by atoms with van der Waals surface area (Å²) >= 11 is 0. The molecule has 0 saturated carbocycles. The molecule has 0 atom stereocenters. The van der Waals surface area contributed by atoms with Gasteiger partial charge in [-0.15, -0.1) is 0 Å². The molecule has 5 heteroatoms. The van der Waals surface area contributed by atoms with Gasteiger partial charge in [0, 0.05) is 6.54 Å². The summed E-state index contributed by atoms with van der Waals surface area (Å²) in [5.41, 5.74) is 0. The van der Waals surface area contributed by atoms with E-state index in [1.807, 2.05) is 13.0 Å². The molecule has 0 amide bonds. The SMILES string of the molecule is CC/C=C\CNS(=O)(=O)c1ccc(OC)cc1. The van der Waals surface area contributed by atoms with Gasteiger partial charge in [-0.1, -0.05) is 19.1 Å². The molecule has 0 spiro atoms. The van der Waals surface area contributed by atoms with Crippen LogP contribution in [0.2, 0.25) is 0 Å². The third-order valence-corrected chi connectivity index (χ3v) is 3.60. The molecule has 0 radical (unpaired) electrons.